The van der Waals surface area contributed by atoms with Crippen molar-refractivity contribution < 1.29 is 5.11 Å². The van der Waals surface area contributed by atoms with Crippen LogP contribution in [0.25, 0.3) is 10.8 Å². The Balaban J connectivity index is 1.97. The quantitative estimate of drug-likeness (QED) is 0.883. The Labute approximate surface area is 140 Å². The Bertz CT molecular complexity index is 625. The van der Waals surface area contributed by atoms with E-state index in [0.29, 0.717) is 5.92 Å². The van der Waals surface area contributed by atoms with Crippen LogP contribution >= 0.6 is 0 Å². The minimum Gasteiger partial charge on any atom is -0.392 e. The van der Waals surface area contributed by atoms with Gasteiger partial charge in [-0.2, -0.15) is 0 Å². The molecule has 2 nitrogen and oxygen atoms in total. The second-order valence-electron chi connectivity index (χ2n) is 7.33. The van der Waals surface area contributed by atoms with Gasteiger partial charge in [-0.1, -0.05) is 61.7 Å². The van der Waals surface area contributed by atoms with Gasteiger partial charge in [-0.15, -0.1) is 0 Å². The molecule has 2 unspecified atom stereocenters. The van der Waals surface area contributed by atoms with E-state index in [1.165, 1.54) is 48.4 Å². The van der Waals surface area contributed by atoms with Crippen molar-refractivity contribution in [2.45, 2.75) is 44.1 Å². The molecular formula is C21H29NO. The van der Waals surface area contributed by atoms with Gasteiger partial charge in [0.05, 0.1) is 6.10 Å². The second kappa shape index (κ2) is 7.46. The zero-order valence-corrected chi connectivity index (χ0v) is 14.4. The van der Waals surface area contributed by atoms with E-state index in [1.54, 1.807) is 0 Å². The SMILES string of the molecule is CN(C)CC(c1cccc2ccccc12)C(O)C1CCCCC1. The van der Waals surface area contributed by atoms with Crippen LogP contribution in [-0.4, -0.2) is 36.8 Å². The summed E-state index contributed by atoms with van der Waals surface area (Å²) in [6.07, 6.45) is 5.97. The monoisotopic (exact) mass is 311 g/mol. The molecule has 1 fully saturated rings. The maximum absolute atomic E-state index is 11.2. The molecule has 0 aromatic heterocycles. The van der Waals surface area contributed by atoms with E-state index >= 15 is 0 Å². The highest BCUT2D eigenvalue weighted by Crippen LogP contribution is 2.36. The van der Waals surface area contributed by atoms with Gasteiger partial charge in [0.15, 0.2) is 0 Å². The third kappa shape index (κ3) is 3.76. The first kappa shape index (κ1) is 16.5. The fraction of sp³-hybridized carbons (Fsp3) is 0.524. The number of benzene rings is 2. The summed E-state index contributed by atoms with van der Waals surface area (Å²) < 4.78 is 0. The molecule has 1 N–H and O–H groups in total. The van der Waals surface area contributed by atoms with E-state index in [-0.39, 0.29) is 12.0 Å². The molecule has 2 aromatic rings. The van der Waals surface area contributed by atoms with Gasteiger partial charge in [0.2, 0.25) is 0 Å². The van der Waals surface area contributed by atoms with Crippen molar-refractivity contribution in [2.24, 2.45) is 5.92 Å². The summed E-state index contributed by atoms with van der Waals surface area (Å²) in [5.74, 6) is 0.631. The number of rotatable bonds is 5. The number of hydrogen-bond acceptors (Lipinski definition) is 2. The molecule has 2 heteroatoms. The van der Waals surface area contributed by atoms with Gasteiger partial charge in [0.1, 0.15) is 0 Å². The maximum atomic E-state index is 11.2. The molecule has 124 valence electrons. The minimum absolute atomic E-state index is 0.180. The van der Waals surface area contributed by atoms with Crippen molar-refractivity contribution in [3.05, 3.63) is 48.0 Å². The first-order chi connectivity index (χ1) is 11.2. The average Bonchev–Trinajstić information content (AvgIpc) is 2.59. The molecule has 23 heavy (non-hydrogen) atoms. The summed E-state index contributed by atoms with van der Waals surface area (Å²) in [5.41, 5.74) is 1.30. The molecular weight excluding hydrogens is 282 g/mol. The van der Waals surface area contributed by atoms with Crippen molar-refractivity contribution in [1.29, 1.82) is 0 Å². The number of fused-ring (bicyclic) bond motifs is 1. The lowest BCUT2D eigenvalue weighted by atomic mass is 9.77. The minimum atomic E-state index is -0.247. The van der Waals surface area contributed by atoms with Gasteiger partial charge in [-0.25, -0.2) is 0 Å². The predicted molar refractivity (Wildman–Crippen MR) is 97.8 cm³/mol. The Kier molecular flexibility index (Phi) is 5.34. The van der Waals surface area contributed by atoms with E-state index in [1.807, 2.05) is 0 Å². The lowest BCUT2D eigenvalue weighted by Crippen LogP contribution is -2.35. The smallest absolute Gasteiger partial charge is 0.0649 e. The van der Waals surface area contributed by atoms with Crippen LogP contribution in [0.1, 0.15) is 43.6 Å². The van der Waals surface area contributed by atoms with E-state index in [4.69, 9.17) is 0 Å². The van der Waals surface area contributed by atoms with Crippen LogP contribution in [0.4, 0.5) is 0 Å². The van der Waals surface area contributed by atoms with E-state index in [9.17, 15) is 5.11 Å². The number of likely N-dealkylation sites (N-methyl/N-ethyl adjacent to an activating group) is 1. The Hall–Kier alpha value is -1.38. The van der Waals surface area contributed by atoms with Crippen molar-refractivity contribution in [1.82, 2.24) is 4.90 Å². The zero-order chi connectivity index (χ0) is 16.2. The van der Waals surface area contributed by atoms with Crippen LogP contribution in [0.5, 0.6) is 0 Å². The lowest BCUT2D eigenvalue weighted by molar-refractivity contribution is 0.0524. The van der Waals surface area contributed by atoms with E-state index in [2.05, 4.69) is 61.5 Å². The fourth-order valence-electron chi connectivity index (χ4n) is 4.16. The van der Waals surface area contributed by atoms with Gasteiger partial charge < -0.3 is 10.0 Å². The van der Waals surface area contributed by atoms with Crippen LogP contribution in [0.15, 0.2) is 42.5 Å². The number of aliphatic hydroxyl groups is 1. The molecule has 2 atom stereocenters. The molecule has 0 spiro atoms. The Morgan fingerprint density at radius 3 is 2.43 bits per heavy atom. The largest absolute Gasteiger partial charge is 0.392 e. The first-order valence-corrected chi connectivity index (χ1v) is 8.97. The molecule has 1 aliphatic rings. The molecule has 0 radical (unpaired) electrons. The fourth-order valence-corrected chi connectivity index (χ4v) is 4.16. The third-order valence-electron chi connectivity index (χ3n) is 5.33. The standard InChI is InChI=1S/C21H29NO/c1-22(2)15-20(21(23)17-10-4-3-5-11-17)19-14-8-12-16-9-6-7-13-18(16)19/h6-9,12-14,17,20-21,23H,3-5,10-11,15H2,1-2H3. The summed E-state index contributed by atoms with van der Waals surface area (Å²) in [6, 6.07) is 15.1. The van der Waals surface area contributed by atoms with Crippen LogP contribution in [0.3, 0.4) is 0 Å². The van der Waals surface area contributed by atoms with Crippen LogP contribution in [0.2, 0.25) is 0 Å². The van der Waals surface area contributed by atoms with Crippen LogP contribution in [-0.2, 0) is 0 Å². The Morgan fingerprint density at radius 1 is 1.00 bits per heavy atom. The lowest BCUT2D eigenvalue weighted by Gasteiger charge is -2.34. The Morgan fingerprint density at radius 2 is 1.70 bits per heavy atom. The molecule has 0 aliphatic heterocycles. The summed E-state index contributed by atoms with van der Waals surface area (Å²) in [4.78, 5) is 2.21. The highest BCUT2D eigenvalue weighted by atomic mass is 16.3. The van der Waals surface area contributed by atoms with Gasteiger partial charge in [-0.3, -0.25) is 0 Å². The van der Waals surface area contributed by atoms with Gasteiger partial charge in [-0.05, 0) is 49.2 Å². The van der Waals surface area contributed by atoms with Crippen molar-refractivity contribution in [2.75, 3.05) is 20.6 Å². The molecule has 3 rings (SSSR count). The number of nitrogens with zero attached hydrogens (tertiary/aromatic N) is 1. The summed E-state index contributed by atoms with van der Waals surface area (Å²) >= 11 is 0. The molecule has 0 bridgehead atoms. The second-order valence-corrected chi connectivity index (χ2v) is 7.33. The number of hydrogen-bond donors (Lipinski definition) is 1. The molecule has 2 aromatic carbocycles. The van der Waals surface area contributed by atoms with Crippen LogP contribution < -0.4 is 0 Å². The average molecular weight is 311 g/mol. The van der Waals surface area contributed by atoms with Crippen molar-refractivity contribution in [3.63, 3.8) is 0 Å². The van der Waals surface area contributed by atoms with E-state index in [0.717, 1.165) is 6.54 Å². The third-order valence-corrected chi connectivity index (χ3v) is 5.33. The number of aliphatic hydroxyl groups excluding tert-OH is 1. The molecule has 0 amide bonds. The molecule has 1 aliphatic carbocycles. The van der Waals surface area contributed by atoms with Crippen LogP contribution in [0, 0.1) is 5.92 Å². The highest BCUT2D eigenvalue weighted by Gasteiger charge is 2.31. The summed E-state index contributed by atoms with van der Waals surface area (Å²) in [6.45, 7) is 0.895. The first-order valence-electron chi connectivity index (χ1n) is 8.97. The van der Waals surface area contributed by atoms with E-state index < -0.39 is 0 Å². The molecule has 0 saturated heterocycles. The maximum Gasteiger partial charge on any atom is 0.0649 e. The zero-order valence-electron chi connectivity index (χ0n) is 14.4. The normalized spacial score (nSPS) is 19.1. The van der Waals surface area contributed by atoms with Crippen molar-refractivity contribution >= 4 is 10.8 Å². The summed E-state index contributed by atoms with van der Waals surface area (Å²) in [5, 5.41) is 13.7. The molecule has 1 saturated carbocycles. The van der Waals surface area contributed by atoms with Gasteiger partial charge in [0.25, 0.3) is 0 Å². The van der Waals surface area contributed by atoms with Crippen molar-refractivity contribution in [3.8, 4) is 0 Å². The topological polar surface area (TPSA) is 23.5 Å². The summed E-state index contributed by atoms with van der Waals surface area (Å²) in [7, 11) is 4.21. The predicted octanol–water partition coefficient (Wildman–Crippen LogP) is 4.43. The van der Waals surface area contributed by atoms with Gasteiger partial charge >= 0.3 is 0 Å². The molecule has 0 heterocycles. The van der Waals surface area contributed by atoms with Gasteiger partial charge in [0, 0.05) is 12.5 Å². The highest BCUT2D eigenvalue weighted by molar-refractivity contribution is 5.86.